The van der Waals surface area contributed by atoms with Crippen LogP contribution in [0.2, 0.25) is 0 Å². The standard InChI is InChI=1S/C12H28N4O2S/c1-11(4-7-15(2)3)14-19(17,18)16-8-5-12(10-13)6-9-16/h11-12,14H,4-10,13H2,1-3H3. The predicted octanol–water partition coefficient (Wildman–Crippen LogP) is -0.168. The summed E-state index contributed by atoms with van der Waals surface area (Å²) in [6.07, 6.45) is 2.54. The molecule has 0 amide bonds. The first-order valence-electron chi connectivity index (χ1n) is 6.97. The van der Waals surface area contributed by atoms with Crippen molar-refractivity contribution in [1.82, 2.24) is 13.9 Å². The van der Waals surface area contributed by atoms with Crippen molar-refractivity contribution in [2.45, 2.75) is 32.2 Å². The maximum Gasteiger partial charge on any atom is 0.279 e. The Labute approximate surface area is 117 Å². The number of hydrogen-bond donors (Lipinski definition) is 2. The molecule has 0 aromatic rings. The molecule has 0 aliphatic carbocycles. The Hall–Kier alpha value is -0.210. The minimum atomic E-state index is -3.34. The number of nitrogens with two attached hydrogens (primary N) is 1. The van der Waals surface area contributed by atoms with Gasteiger partial charge in [-0.1, -0.05) is 0 Å². The van der Waals surface area contributed by atoms with Gasteiger partial charge in [0.1, 0.15) is 0 Å². The summed E-state index contributed by atoms with van der Waals surface area (Å²) in [6, 6.07) is -0.0420. The summed E-state index contributed by atoms with van der Waals surface area (Å²) in [6.45, 7) is 4.60. The van der Waals surface area contributed by atoms with E-state index in [0.717, 1.165) is 25.8 Å². The fourth-order valence-corrected chi connectivity index (χ4v) is 3.69. The molecule has 1 heterocycles. The van der Waals surface area contributed by atoms with Gasteiger partial charge in [-0.2, -0.15) is 17.4 Å². The molecule has 19 heavy (non-hydrogen) atoms. The monoisotopic (exact) mass is 292 g/mol. The summed E-state index contributed by atoms with van der Waals surface area (Å²) in [7, 11) is 0.632. The minimum absolute atomic E-state index is 0.0420. The zero-order valence-electron chi connectivity index (χ0n) is 12.3. The van der Waals surface area contributed by atoms with E-state index >= 15 is 0 Å². The molecule has 3 N–H and O–H groups in total. The van der Waals surface area contributed by atoms with Gasteiger partial charge in [-0.3, -0.25) is 0 Å². The van der Waals surface area contributed by atoms with Crippen molar-refractivity contribution >= 4 is 10.2 Å². The highest BCUT2D eigenvalue weighted by Gasteiger charge is 2.28. The van der Waals surface area contributed by atoms with E-state index in [1.165, 1.54) is 0 Å². The van der Waals surface area contributed by atoms with E-state index in [1.54, 1.807) is 4.31 Å². The Morgan fingerprint density at radius 1 is 1.37 bits per heavy atom. The van der Waals surface area contributed by atoms with Crippen LogP contribution in [0.25, 0.3) is 0 Å². The van der Waals surface area contributed by atoms with Gasteiger partial charge in [-0.15, -0.1) is 0 Å². The van der Waals surface area contributed by atoms with Crippen molar-refractivity contribution in [1.29, 1.82) is 0 Å². The molecule has 1 atom stereocenters. The lowest BCUT2D eigenvalue weighted by Gasteiger charge is -2.31. The Morgan fingerprint density at radius 3 is 2.42 bits per heavy atom. The van der Waals surface area contributed by atoms with E-state index in [9.17, 15) is 8.42 Å². The first-order chi connectivity index (χ1) is 8.85. The highest BCUT2D eigenvalue weighted by Crippen LogP contribution is 2.18. The summed E-state index contributed by atoms with van der Waals surface area (Å²) in [4.78, 5) is 2.05. The summed E-state index contributed by atoms with van der Waals surface area (Å²) < 4.78 is 28.7. The van der Waals surface area contributed by atoms with Crippen molar-refractivity contribution < 1.29 is 8.42 Å². The maximum absolute atomic E-state index is 12.2. The average Bonchev–Trinajstić information content (AvgIpc) is 2.36. The summed E-state index contributed by atoms with van der Waals surface area (Å²) >= 11 is 0. The SMILES string of the molecule is CC(CCN(C)C)NS(=O)(=O)N1CCC(CN)CC1. The molecule has 6 nitrogen and oxygen atoms in total. The molecule has 0 saturated carbocycles. The van der Waals surface area contributed by atoms with Crippen molar-refractivity contribution in [3.8, 4) is 0 Å². The third-order valence-corrected chi connectivity index (χ3v) is 5.35. The largest absolute Gasteiger partial charge is 0.330 e. The molecular weight excluding hydrogens is 264 g/mol. The van der Waals surface area contributed by atoms with E-state index in [4.69, 9.17) is 5.73 Å². The van der Waals surface area contributed by atoms with Gasteiger partial charge in [0, 0.05) is 19.1 Å². The molecule has 7 heteroatoms. The van der Waals surface area contributed by atoms with Gasteiger partial charge in [0.15, 0.2) is 0 Å². The van der Waals surface area contributed by atoms with Crippen LogP contribution in [-0.2, 0) is 10.2 Å². The normalized spacial score (nSPS) is 20.9. The second-order valence-electron chi connectivity index (χ2n) is 5.69. The molecule has 0 spiro atoms. The number of nitrogens with zero attached hydrogens (tertiary/aromatic N) is 2. The molecular formula is C12H28N4O2S. The molecule has 0 aromatic heterocycles. The highest BCUT2D eigenvalue weighted by molar-refractivity contribution is 7.87. The van der Waals surface area contributed by atoms with Crippen LogP contribution in [0, 0.1) is 5.92 Å². The molecule has 1 fully saturated rings. The zero-order valence-corrected chi connectivity index (χ0v) is 13.1. The van der Waals surface area contributed by atoms with Gasteiger partial charge < -0.3 is 10.6 Å². The van der Waals surface area contributed by atoms with Crippen LogP contribution in [-0.4, -0.2) is 63.9 Å². The lowest BCUT2D eigenvalue weighted by molar-refractivity contribution is 0.273. The third-order valence-electron chi connectivity index (χ3n) is 3.61. The fraction of sp³-hybridized carbons (Fsp3) is 1.00. The highest BCUT2D eigenvalue weighted by atomic mass is 32.2. The Balaban J connectivity index is 2.43. The summed E-state index contributed by atoms with van der Waals surface area (Å²) in [5, 5.41) is 0. The van der Waals surface area contributed by atoms with Crippen LogP contribution in [0.4, 0.5) is 0 Å². The molecule has 114 valence electrons. The van der Waals surface area contributed by atoms with Crippen molar-refractivity contribution in [2.24, 2.45) is 11.7 Å². The molecule has 1 unspecified atom stereocenters. The smallest absolute Gasteiger partial charge is 0.279 e. The van der Waals surface area contributed by atoms with E-state index < -0.39 is 10.2 Å². The summed E-state index contributed by atoms with van der Waals surface area (Å²) in [5.74, 6) is 0.470. The number of rotatable bonds is 7. The zero-order chi connectivity index (χ0) is 14.5. The molecule has 0 bridgehead atoms. The molecule has 1 aliphatic heterocycles. The fourth-order valence-electron chi connectivity index (χ4n) is 2.22. The van der Waals surface area contributed by atoms with Crippen molar-refractivity contribution in [3.05, 3.63) is 0 Å². The second-order valence-corrected chi connectivity index (χ2v) is 7.40. The maximum atomic E-state index is 12.2. The first-order valence-corrected chi connectivity index (χ1v) is 8.41. The van der Waals surface area contributed by atoms with Crippen LogP contribution < -0.4 is 10.5 Å². The average molecular weight is 292 g/mol. The topological polar surface area (TPSA) is 78.7 Å². The molecule has 0 aromatic carbocycles. The van der Waals surface area contributed by atoms with Gasteiger partial charge in [0.2, 0.25) is 0 Å². The predicted molar refractivity (Wildman–Crippen MR) is 78.0 cm³/mol. The van der Waals surface area contributed by atoms with E-state index in [-0.39, 0.29) is 6.04 Å². The van der Waals surface area contributed by atoms with Crippen molar-refractivity contribution in [3.63, 3.8) is 0 Å². The lowest BCUT2D eigenvalue weighted by Crippen LogP contribution is -2.48. The van der Waals surface area contributed by atoms with E-state index in [1.807, 2.05) is 21.0 Å². The van der Waals surface area contributed by atoms with Gasteiger partial charge in [-0.05, 0) is 59.3 Å². The van der Waals surface area contributed by atoms with Gasteiger partial charge in [0.25, 0.3) is 10.2 Å². The molecule has 1 saturated heterocycles. The van der Waals surface area contributed by atoms with E-state index in [2.05, 4.69) is 9.62 Å². The van der Waals surface area contributed by atoms with Crippen LogP contribution in [0.1, 0.15) is 26.2 Å². The van der Waals surface area contributed by atoms with Crippen molar-refractivity contribution in [2.75, 3.05) is 40.3 Å². The van der Waals surface area contributed by atoms with Crippen LogP contribution in [0.15, 0.2) is 0 Å². The van der Waals surface area contributed by atoms with Gasteiger partial charge >= 0.3 is 0 Å². The van der Waals surface area contributed by atoms with Gasteiger partial charge in [-0.25, -0.2) is 0 Å². The Morgan fingerprint density at radius 2 is 1.95 bits per heavy atom. The van der Waals surface area contributed by atoms with Crippen LogP contribution in [0.3, 0.4) is 0 Å². The molecule has 1 rings (SSSR count). The lowest BCUT2D eigenvalue weighted by atomic mass is 9.99. The Kier molecular flexibility index (Phi) is 6.68. The second kappa shape index (κ2) is 7.54. The first kappa shape index (κ1) is 16.8. The number of piperidine rings is 1. The summed E-state index contributed by atoms with van der Waals surface area (Å²) in [5.41, 5.74) is 5.62. The number of nitrogens with one attached hydrogen (secondary N) is 1. The number of hydrogen-bond acceptors (Lipinski definition) is 4. The van der Waals surface area contributed by atoms with Gasteiger partial charge in [0.05, 0.1) is 0 Å². The third kappa shape index (κ3) is 5.74. The van der Waals surface area contributed by atoms with Crippen LogP contribution >= 0.6 is 0 Å². The van der Waals surface area contributed by atoms with E-state index in [0.29, 0.717) is 25.6 Å². The quantitative estimate of drug-likeness (QED) is 0.683. The van der Waals surface area contributed by atoms with Crippen LogP contribution in [0.5, 0.6) is 0 Å². The molecule has 0 radical (unpaired) electrons. The minimum Gasteiger partial charge on any atom is -0.330 e. The Bertz CT molecular complexity index is 351. The molecule has 1 aliphatic rings.